The summed E-state index contributed by atoms with van der Waals surface area (Å²) in [6, 6.07) is 14.2. The lowest BCUT2D eigenvalue weighted by Crippen LogP contribution is -2.09. The molecule has 0 aliphatic carbocycles. The highest BCUT2D eigenvalue weighted by Crippen LogP contribution is 2.25. The number of nitrogens with zero attached hydrogens (tertiary/aromatic N) is 1. The van der Waals surface area contributed by atoms with E-state index in [1.54, 1.807) is 0 Å². The highest BCUT2D eigenvalue weighted by Gasteiger charge is 2.08. The maximum absolute atomic E-state index is 5.97. The van der Waals surface area contributed by atoms with Gasteiger partial charge in [0.05, 0.1) is 0 Å². The predicted molar refractivity (Wildman–Crippen MR) is 85.4 cm³/mol. The molecule has 0 aliphatic rings. The van der Waals surface area contributed by atoms with Crippen molar-refractivity contribution in [3.63, 3.8) is 0 Å². The van der Waals surface area contributed by atoms with Crippen LogP contribution in [-0.2, 0) is 0 Å². The first-order valence-electron chi connectivity index (χ1n) is 6.77. The third-order valence-electron chi connectivity index (χ3n) is 3.43. The number of benzene rings is 2. The molecule has 0 spiro atoms. The molecule has 2 N–H and O–H groups in total. The van der Waals surface area contributed by atoms with Gasteiger partial charge in [0.25, 0.3) is 0 Å². The van der Waals surface area contributed by atoms with Gasteiger partial charge in [-0.2, -0.15) is 0 Å². The van der Waals surface area contributed by atoms with E-state index in [0.29, 0.717) is 0 Å². The van der Waals surface area contributed by atoms with Crippen molar-refractivity contribution < 1.29 is 4.74 Å². The average molecular weight is 270 g/mol. The van der Waals surface area contributed by atoms with Crippen LogP contribution in [0.5, 0.6) is 5.75 Å². The van der Waals surface area contributed by atoms with Crippen LogP contribution >= 0.6 is 0 Å². The Labute approximate surface area is 121 Å². The fourth-order valence-electron chi connectivity index (χ4n) is 2.04. The van der Waals surface area contributed by atoms with E-state index < -0.39 is 0 Å². The van der Waals surface area contributed by atoms with Gasteiger partial charge in [0, 0.05) is 25.5 Å². The molecular formula is C17H22N2O. The van der Waals surface area contributed by atoms with Crippen molar-refractivity contribution in [3.05, 3.63) is 53.6 Å². The summed E-state index contributed by atoms with van der Waals surface area (Å²) in [7, 11) is 4.07. The lowest BCUT2D eigenvalue weighted by atomic mass is 10.1. The monoisotopic (exact) mass is 270 g/mol. The van der Waals surface area contributed by atoms with E-state index in [9.17, 15) is 0 Å². The van der Waals surface area contributed by atoms with Crippen molar-refractivity contribution in [1.82, 2.24) is 0 Å². The Bertz CT molecular complexity index is 576. The molecule has 0 amide bonds. The molecule has 3 nitrogen and oxygen atoms in total. The molecule has 2 aromatic carbocycles. The van der Waals surface area contributed by atoms with Crippen molar-refractivity contribution >= 4 is 11.4 Å². The fourth-order valence-corrected chi connectivity index (χ4v) is 2.04. The van der Waals surface area contributed by atoms with Crippen molar-refractivity contribution in [1.29, 1.82) is 0 Å². The highest BCUT2D eigenvalue weighted by atomic mass is 16.5. The zero-order valence-electron chi connectivity index (χ0n) is 12.6. The molecule has 0 heterocycles. The number of nitrogen functional groups attached to an aromatic ring is 1. The van der Waals surface area contributed by atoms with Crippen molar-refractivity contribution in [2.75, 3.05) is 24.7 Å². The molecule has 0 saturated carbocycles. The van der Waals surface area contributed by atoms with Crippen LogP contribution in [0.15, 0.2) is 42.5 Å². The Kier molecular flexibility index (Phi) is 4.18. The van der Waals surface area contributed by atoms with E-state index in [1.165, 1.54) is 5.69 Å². The molecule has 0 saturated heterocycles. The van der Waals surface area contributed by atoms with Gasteiger partial charge in [-0.25, -0.2) is 0 Å². The Morgan fingerprint density at radius 2 is 1.70 bits per heavy atom. The minimum Gasteiger partial charge on any atom is -0.486 e. The minimum absolute atomic E-state index is 0.00855. The van der Waals surface area contributed by atoms with E-state index in [-0.39, 0.29) is 6.10 Å². The fraction of sp³-hybridized carbons (Fsp3) is 0.294. The van der Waals surface area contributed by atoms with Gasteiger partial charge in [-0.05, 0) is 55.3 Å². The van der Waals surface area contributed by atoms with E-state index in [0.717, 1.165) is 22.6 Å². The summed E-state index contributed by atoms with van der Waals surface area (Å²) >= 11 is 0. The number of ether oxygens (including phenoxy) is 1. The average Bonchev–Trinajstić information content (AvgIpc) is 2.43. The number of rotatable bonds is 4. The zero-order chi connectivity index (χ0) is 14.7. The van der Waals surface area contributed by atoms with Gasteiger partial charge in [0.15, 0.2) is 0 Å². The number of nitrogens with two attached hydrogens (primary N) is 1. The van der Waals surface area contributed by atoms with Crippen molar-refractivity contribution in [2.45, 2.75) is 20.0 Å². The Balaban J connectivity index is 2.10. The molecule has 0 aromatic heterocycles. The standard InChI is InChI=1S/C17H22N2O/c1-12-11-16(9-10-17(12)18)20-13(2)14-5-7-15(8-6-14)19(3)4/h5-11,13H,18H2,1-4H3. The van der Waals surface area contributed by atoms with Crippen molar-refractivity contribution in [3.8, 4) is 5.75 Å². The Hall–Kier alpha value is -2.16. The summed E-state index contributed by atoms with van der Waals surface area (Å²) in [4.78, 5) is 2.08. The van der Waals surface area contributed by atoms with E-state index in [4.69, 9.17) is 10.5 Å². The van der Waals surface area contributed by atoms with Crippen LogP contribution in [0.1, 0.15) is 24.2 Å². The Morgan fingerprint density at radius 1 is 1.05 bits per heavy atom. The van der Waals surface area contributed by atoms with Crippen LogP contribution in [0, 0.1) is 6.92 Å². The number of anilines is 2. The van der Waals surface area contributed by atoms with Gasteiger partial charge < -0.3 is 15.4 Å². The molecule has 2 rings (SSSR count). The molecular weight excluding hydrogens is 248 g/mol. The first kappa shape index (κ1) is 14.3. The van der Waals surface area contributed by atoms with Crippen molar-refractivity contribution in [2.24, 2.45) is 0 Å². The van der Waals surface area contributed by atoms with Gasteiger partial charge in [-0.15, -0.1) is 0 Å². The van der Waals surface area contributed by atoms with Crippen LogP contribution in [0.4, 0.5) is 11.4 Å². The summed E-state index contributed by atoms with van der Waals surface area (Å²) < 4.78 is 5.97. The zero-order valence-corrected chi connectivity index (χ0v) is 12.6. The summed E-state index contributed by atoms with van der Waals surface area (Å²) in [6.07, 6.45) is 0.00855. The first-order chi connectivity index (χ1) is 9.47. The van der Waals surface area contributed by atoms with Crippen LogP contribution in [0.25, 0.3) is 0 Å². The number of hydrogen-bond donors (Lipinski definition) is 1. The smallest absolute Gasteiger partial charge is 0.121 e. The van der Waals surface area contributed by atoms with Gasteiger partial charge in [0.1, 0.15) is 11.9 Å². The molecule has 0 bridgehead atoms. The maximum Gasteiger partial charge on any atom is 0.121 e. The van der Waals surface area contributed by atoms with Crippen LogP contribution in [0.2, 0.25) is 0 Å². The lowest BCUT2D eigenvalue weighted by Gasteiger charge is -2.18. The van der Waals surface area contributed by atoms with Crippen LogP contribution in [0.3, 0.4) is 0 Å². The number of hydrogen-bond acceptors (Lipinski definition) is 3. The quantitative estimate of drug-likeness (QED) is 0.859. The van der Waals surface area contributed by atoms with E-state index >= 15 is 0 Å². The van der Waals surface area contributed by atoms with Gasteiger partial charge in [0.2, 0.25) is 0 Å². The SMILES string of the molecule is Cc1cc(OC(C)c2ccc(N(C)C)cc2)ccc1N. The van der Waals surface area contributed by atoms with Crippen LogP contribution < -0.4 is 15.4 Å². The molecule has 2 aromatic rings. The normalized spacial score (nSPS) is 12.0. The molecule has 0 aliphatic heterocycles. The molecule has 0 radical (unpaired) electrons. The molecule has 106 valence electrons. The second kappa shape index (κ2) is 5.87. The molecule has 0 fully saturated rings. The maximum atomic E-state index is 5.97. The Morgan fingerprint density at radius 3 is 2.25 bits per heavy atom. The summed E-state index contributed by atoms with van der Waals surface area (Å²) in [5.74, 6) is 0.848. The summed E-state index contributed by atoms with van der Waals surface area (Å²) in [5, 5.41) is 0. The largest absolute Gasteiger partial charge is 0.486 e. The molecule has 3 heteroatoms. The van der Waals surface area contributed by atoms with Gasteiger partial charge in [-0.1, -0.05) is 12.1 Å². The summed E-state index contributed by atoms with van der Waals surface area (Å²) in [5.41, 5.74) is 9.99. The lowest BCUT2D eigenvalue weighted by molar-refractivity contribution is 0.227. The third-order valence-corrected chi connectivity index (χ3v) is 3.43. The highest BCUT2D eigenvalue weighted by molar-refractivity contribution is 5.50. The second-order valence-electron chi connectivity index (χ2n) is 5.26. The van der Waals surface area contributed by atoms with Gasteiger partial charge in [-0.3, -0.25) is 0 Å². The predicted octanol–water partition coefficient (Wildman–Crippen LogP) is 3.78. The van der Waals surface area contributed by atoms with E-state index in [1.807, 2.05) is 39.2 Å². The summed E-state index contributed by atoms with van der Waals surface area (Å²) in [6.45, 7) is 4.04. The van der Waals surface area contributed by atoms with Gasteiger partial charge >= 0.3 is 0 Å². The number of aryl methyl sites for hydroxylation is 1. The minimum atomic E-state index is 0.00855. The van der Waals surface area contributed by atoms with Crippen LogP contribution in [-0.4, -0.2) is 14.1 Å². The molecule has 1 unspecified atom stereocenters. The van der Waals surface area contributed by atoms with E-state index in [2.05, 4.69) is 36.1 Å². The second-order valence-corrected chi connectivity index (χ2v) is 5.26. The topological polar surface area (TPSA) is 38.5 Å². The molecule has 1 atom stereocenters. The first-order valence-corrected chi connectivity index (χ1v) is 6.77. The third kappa shape index (κ3) is 3.23. The molecule has 20 heavy (non-hydrogen) atoms.